The number of halogens is 1. The smallest absolute Gasteiger partial charge is 0.228 e. The van der Waals surface area contributed by atoms with Crippen LogP contribution in [0.4, 0.5) is 10.1 Å². The van der Waals surface area contributed by atoms with E-state index in [-0.39, 0.29) is 24.3 Å². The van der Waals surface area contributed by atoms with Crippen LogP contribution in [0.25, 0.3) is 0 Å². The Balaban J connectivity index is 1.74. The summed E-state index contributed by atoms with van der Waals surface area (Å²) in [4.78, 5) is 24.3. The second-order valence-corrected chi connectivity index (χ2v) is 6.50. The molecule has 1 aromatic carbocycles. The normalized spacial score (nSPS) is 27.7. The second-order valence-electron chi connectivity index (χ2n) is 6.50. The molecule has 1 aliphatic heterocycles. The summed E-state index contributed by atoms with van der Waals surface area (Å²) in [5.74, 6) is -0.583. The highest BCUT2D eigenvalue weighted by molar-refractivity contribution is 6.01. The first-order valence-electron chi connectivity index (χ1n) is 7.92. The van der Waals surface area contributed by atoms with Crippen LogP contribution in [-0.2, 0) is 9.59 Å². The van der Waals surface area contributed by atoms with Gasteiger partial charge in [0.25, 0.3) is 0 Å². The summed E-state index contributed by atoms with van der Waals surface area (Å²) in [6.45, 7) is 2.23. The molecule has 118 valence electrons. The molecule has 3 rings (SSSR count). The Hall–Kier alpha value is -1.91. The molecule has 0 spiro atoms. The number of nitrogens with one attached hydrogen (secondary N) is 2. The predicted molar refractivity (Wildman–Crippen MR) is 82.0 cm³/mol. The van der Waals surface area contributed by atoms with Gasteiger partial charge in [-0.2, -0.15) is 0 Å². The van der Waals surface area contributed by atoms with Crippen LogP contribution in [0.5, 0.6) is 0 Å². The van der Waals surface area contributed by atoms with Gasteiger partial charge in [0.15, 0.2) is 0 Å². The minimum Gasteiger partial charge on any atom is -0.353 e. The number of fused-ring (bicyclic) bond motifs is 1. The second kappa shape index (κ2) is 6.07. The molecule has 1 aliphatic carbocycles. The fourth-order valence-corrected chi connectivity index (χ4v) is 3.38. The molecule has 0 saturated heterocycles. The average Bonchev–Trinajstić information content (AvgIpc) is 2.48. The Morgan fingerprint density at radius 2 is 2.00 bits per heavy atom. The third-order valence-electron chi connectivity index (χ3n) is 4.73. The van der Waals surface area contributed by atoms with Gasteiger partial charge in [-0.15, -0.1) is 0 Å². The van der Waals surface area contributed by atoms with Gasteiger partial charge in [-0.25, -0.2) is 4.39 Å². The zero-order valence-corrected chi connectivity index (χ0v) is 12.7. The van der Waals surface area contributed by atoms with Gasteiger partial charge in [0.1, 0.15) is 5.82 Å². The summed E-state index contributed by atoms with van der Waals surface area (Å²) < 4.78 is 13.3. The zero-order chi connectivity index (χ0) is 15.7. The van der Waals surface area contributed by atoms with Crippen molar-refractivity contribution in [2.45, 2.75) is 51.0 Å². The molecule has 0 radical (unpaired) electrons. The maximum absolute atomic E-state index is 13.3. The molecule has 2 amide bonds. The Bertz CT molecular complexity index is 594. The summed E-state index contributed by atoms with van der Waals surface area (Å²) in [5.41, 5.74) is 1.11. The van der Waals surface area contributed by atoms with Gasteiger partial charge in [-0.3, -0.25) is 9.59 Å². The van der Waals surface area contributed by atoms with Crippen LogP contribution in [0.15, 0.2) is 18.2 Å². The highest BCUT2D eigenvalue weighted by Gasteiger charge is 2.32. The van der Waals surface area contributed by atoms with Crippen LogP contribution in [0.2, 0.25) is 0 Å². The van der Waals surface area contributed by atoms with Crippen molar-refractivity contribution in [2.75, 3.05) is 5.32 Å². The highest BCUT2D eigenvalue weighted by Crippen LogP contribution is 2.33. The van der Waals surface area contributed by atoms with Gasteiger partial charge in [-0.1, -0.05) is 13.0 Å². The van der Waals surface area contributed by atoms with Crippen molar-refractivity contribution in [3.63, 3.8) is 0 Å². The van der Waals surface area contributed by atoms with Gasteiger partial charge in [0.05, 0.1) is 5.92 Å². The number of amides is 2. The lowest BCUT2D eigenvalue weighted by atomic mass is 9.86. The molecule has 1 heterocycles. The summed E-state index contributed by atoms with van der Waals surface area (Å²) in [5, 5.41) is 5.71. The molecule has 22 heavy (non-hydrogen) atoms. The molecule has 0 aromatic heterocycles. The van der Waals surface area contributed by atoms with Crippen molar-refractivity contribution >= 4 is 17.5 Å². The van der Waals surface area contributed by atoms with E-state index in [2.05, 4.69) is 17.6 Å². The van der Waals surface area contributed by atoms with Crippen molar-refractivity contribution in [3.05, 3.63) is 29.6 Å². The average molecular weight is 304 g/mol. The topological polar surface area (TPSA) is 58.2 Å². The molecule has 0 unspecified atom stereocenters. The minimum absolute atomic E-state index is 0.119. The maximum Gasteiger partial charge on any atom is 0.228 e. The third-order valence-corrected chi connectivity index (χ3v) is 4.73. The number of carbonyl (C=O) groups is 2. The van der Waals surface area contributed by atoms with Crippen LogP contribution in [-0.4, -0.2) is 17.9 Å². The number of rotatable bonds is 2. The number of carbonyl (C=O) groups excluding carboxylic acids is 2. The van der Waals surface area contributed by atoms with E-state index in [0.717, 1.165) is 31.6 Å². The van der Waals surface area contributed by atoms with Gasteiger partial charge in [0.2, 0.25) is 11.8 Å². The standard InChI is InChI=1S/C17H21FN2O2/c1-10-2-5-12(6-3-10)19-17(22)14-9-16(21)20-15-8-11(18)4-7-13(14)15/h4,7-8,10,12,14H,2-3,5-6,9H2,1H3,(H,19,22)(H,20,21)/t10?,12?,14-/m0/s1. The third kappa shape index (κ3) is 3.13. The lowest BCUT2D eigenvalue weighted by Gasteiger charge is -2.30. The lowest BCUT2D eigenvalue weighted by Crippen LogP contribution is -2.42. The first-order chi connectivity index (χ1) is 10.5. The van der Waals surface area contributed by atoms with E-state index in [9.17, 15) is 14.0 Å². The lowest BCUT2D eigenvalue weighted by molar-refractivity contribution is -0.127. The van der Waals surface area contributed by atoms with Crippen molar-refractivity contribution in [1.82, 2.24) is 5.32 Å². The molecule has 1 aromatic rings. The highest BCUT2D eigenvalue weighted by atomic mass is 19.1. The van der Waals surface area contributed by atoms with Gasteiger partial charge >= 0.3 is 0 Å². The molecule has 5 heteroatoms. The molecular formula is C17H21FN2O2. The van der Waals surface area contributed by atoms with Crippen molar-refractivity contribution in [1.29, 1.82) is 0 Å². The first kappa shape index (κ1) is 15.0. The van der Waals surface area contributed by atoms with Crippen LogP contribution < -0.4 is 10.6 Å². The molecular weight excluding hydrogens is 283 g/mol. The van der Waals surface area contributed by atoms with E-state index in [1.54, 1.807) is 6.07 Å². The van der Waals surface area contributed by atoms with Gasteiger partial charge in [-0.05, 0) is 49.3 Å². The Morgan fingerprint density at radius 1 is 1.27 bits per heavy atom. The Labute approximate surface area is 129 Å². The van der Waals surface area contributed by atoms with Gasteiger partial charge < -0.3 is 10.6 Å². The van der Waals surface area contributed by atoms with Gasteiger partial charge in [0, 0.05) is 18.2 Å². The first-order valence-corrected chi connectivity index (χ1v) is 7.92. The van der Waals surface area contributed by atoms with Crippen molar-refractivity contribution < 1.29 is 14.0 Å². The quantitative estimate of drug-likeness (QED) is 0.882. The summed E-state index contributed by atoms with van der Waals surface area (Å²) in [6, 6.07) is 4.39. The van der Waals surface area contributed by atoms with Crippen LogP contribution in [0.3, 0.4) is 0 Å². The van der Waals surface area contributed by atoms with Crippen LogP contribution in [0.1, 0.15) is 50.5 Å². The van der Waals surface area contributed by atoms with Crippen LogP contribution >= 0.6 is 0 Å². The maximum atomic E-state index is 13.3. The molecule has 4 nitrogen and oxygen atoms in total. The minimum atomic E-state index is -0.524. The van der Waals surface area contributed by atoms with E-state index in [4.69, 9.17) is 0 Å². The summed E-state index contributed by atoms with van der Waals surface area (Å²) >= 11 is 0. The molecule has 2 aliphatic rings. The van der Waals surface area contributed by atoms with E-state index >= 15 is 0 Å². The number of anilines is 1. The predicted octanol–water partition coefficient (Wildman–Crippen LogP) is 2.95. The van der Waals surface area contributed by atoms with E-state index in [1.165, 1.54) is 12.1 Å². The fraction of sp³-hybridized carbons (Fsp3) is 0.529. The molecule has 1 saturated carbocycles. The molecule has 2 N–H and O–H groups in total. The van der Waals surface area contributed by atoms with E-state index in [0.29, 0.717) is 11.3 Å². The number of hydrogen-bond donors (Lipinski definition) is 2. The van der Waals surface area contributed by atoms with Crippen LogP contribution in [0, 0.1) is 11.7 Å². The fourth-order valence-electron chi connectivity index (χ4n) is 3.38. The SMILES string of the molecule is CC1CCC(NC(=O)[C@H]2CC(=O)Nc3cc(F)ccc32)CC1. The molecule has 1 fully saturated rings. The van der Waals surface area contributed by atoms with Crippen molar-refractivity contribution in [2.24, 2.45) is 5.92 Å². The number of hydrogen-bond acceptors (Lipinski definition) is 2. The van der Waals surface area contributed by atoms with E-state index in [1.807, 2.05) is 0 Å². The van der Waals surface area contributed by atoms with Crippen molar-refractivity contribution in [3.8, 4) is 0 Å². The monoisotopic (exact) mass is 304 g/mol. The Kier molecular flexibility index (Phi) is 4.14. The molecule has 1 atom stereocenters. The zero-order valence-electron chi connectivity index (χ0n) is 12.7. The van der Waals surface area contributed by atoms with E-state index < -0.39 is 11.7 Å². The Morgan fingerprint density at radius 3 is 2.73 bits per heavy atom. The summed E-state index contributed by atoms with van der Waals surface area (Å²) in [6.07, 6.45) is 4.34. The molecule has 0 bridgehead atoms. The summed E-state index contributed by atoms with van der Waals surface area (Å²) in [7, 11) is 0. The number of benzene rings is 1. The largest absolute Gasteiger partial charge is 0.353 e.